The summed E-state index contributed by atoms with van der Waals surface area (Å²) in [5.74, 6) is 0.288. The molecule has 0 aromatic heterocycles. The molecule has 1 N–H and O–H groups in total. The fourth-order valence-corrected chi connectivity index (χ4v) is 5.69. The first-order valence-electron chi connectivity index (χ1n) is 12.0. The fourth-order valence-electron chi connectivity index (χ4n) is 4.04. The Morgan fingerprint density at radius 2 is 1.89 bits per heavy atom. The largest absolute Gasteiger partial charge is 0.489 e. The van der Waals surface area contributed by atoms with Gasteiger partial charge in [-0.15, -0.1) is 11.8 Å². The second-order valence-electron chi connectivity index (χ2n) is 8.78. The number of carbonyl (C=O) groups excluding carboxylic acids is 3. The molecule has 0 radical (unpaired) electrons. The molecule has 2 aliphatic rings. The van der Waals surface area contributed by atoms with Gasteiger partial charge in [0.2, 0.25) is 5.91 Å². The zero-order valence-corrected chi connectivity index (χ0v) is 23.0. The highest BCUT2D eigenvalue weighted by atomic mass is 35.5. The van der Waals surface area contributed by atoms with Crippen LogP contribution >= 0.6 is 35.0 Å². The van der Waals surface area contributed by atoms with Crippen molar-refractivity contribution in [1.29, 1.82) is 0 Å². The summed E-state index contributed by atoms with van der Waals surface area (Å²) >= 11 is 13.8. The third kappa shape index (κ3) is 7.25. The number of hydrogen-bond donors (Lipinski definition) is 1. The number of methoxy groups -OCH3 is 1. The van der Waals surface area contributed by atoms with Gasteiger partial charge in [0.1, 0.15) is 30.5 Å². The van der Waals surface area contributed by atoms with Crippen molar-refractivity contribution >= 4 is 52.9 Å². The minimum absolute atomic E-state index is 0.193. The average Bonchev–Trinajstić information content (AvgIpc) is 3.61. The minimum atomic E-state index is -0.937. The molecule has 204 valence electrons. The van der Waals surface area contributed by atoms with Gasteiger partial charge in [0, 0.05) is 34.2 Å². The van der Waals surface area contributed by atoms with Crippen LogP contribution in [0, 0.1) is 0 Å². The van der Waals surface area contributed by atoms with E-state index in [-0.39, 0.29) is 19.1 Å². The maximum atomic E-state index is 13.1. The third-order valence-corrected chi connectivity index (χ3v) is 7.91. The van der Waals surface area contributed by atoms with Crippen molar-refractivity contribution in [3.05, 3.63) is 63.6 Å². The van der Waals surface area contributed by atoms with Crippen LogP contribution in [0.1, 0.15) is 17.5 Å². The van der Waals surface area contributed by atoms with Crippen LogP contribution < -0.4 is 10.1 Å². The van der Waals surface area contributed by atoms with E-state index >= 15 is 0 Å². The molecular formula is C26H28Cl2N2O7S. The number of halogens is 2. The van der Waals surface area contributed by atoms with E-state index < -0.39 is 30.1 Å². The van der Waals surface area contributed by atoms with Crippen LogP contribution in [0.25, 0.3) is 0 Å². The second-order valence-corrected chi connectivity index (χ2v) is 10.6. The molecule has 2 saturated heterocycles. The molecule has 2 aromatic rings. The Kier molecular flexibility index (Phi) is 10.0. The second kappa shape index (κ2) is 13.4. The first kappa shape index (κ1) is 28.4. The molecule has 2 aliphatic heterocycles. The molecule has 2 heterocycles. The molecule has 12 heteroatoms. The smallest absolute Gasteiger partial charge is 0.411 e. The third-order valence-electron chi connectivity index (χ3n) is 6.19. The number of hydrogen-bond acceptors (Lipinski definition) is 8. The predicted octanol–water partition coefficient (Wildman–Crippen LogP) is 4.07. The molecular weight excluding hydrogens is 555 g/mol. The Balaban J connectivity index is 1.35. The van der Waals surface area contributed by atoms with Crippen molar-refractivity contribution in [2.45, 2.75) is 37.6 Å². The lowest BCUT2D eigenvalue weighted by Crippen LogP contribution is -2.53. The van der Waals surface area contributed by atoms with Gasteiger partial charge in [0.25, 0.3) is 0 Å². The standard InChI is InChI=1S/C26H28Cl2N2O7S/c1-34-25(32)22(29-24(31)23-14-38-15-30(23)26(33)37-18-9-10-35-12-18)11-16-5-7-17(8-6-16)36-13-19-20(27)3-2-4-21(19)28/h2-8,18,22-23H,9-15H2,1H3,(H,29,31)/t18?,22?,23-/m1/s1. The molecule has 3 atom stereocenters. The number of benzene rings is 2. The van der Waals surface area contributed by atoms with E-state index in [1.54, 1.807) is 42.5 Å². The summed E-state index contributed by atoms with van der Waals surface area (Å²) in [7, 11) is 1.26. The molecule has 9 nitrogen and oxygen atoms in total. The van der Waals surface area contributed by atoms with E-state index in [1.807, 2.05) is 0 Å². The molecule has 0 saturated carbocycles. The van der Waals surface area contributed by atoms with Crippen LogP contribution in [0.2, 0.25) is 10.0 Å². The summed E-state index contributed by atoms with van der Waals surface area (Å²) in [5.41, 5.74) is 1.47. The van der Waals surface area contributed by atoms with E-state index in [1.165, 1.54) is 23.8 Å². The van der Waals surface area contributed by atoms with Gasteiger partial charge in [0.15, 0.2) is 0 Å². The minimum Gasteiger partial charge on any atom is -0.489 e. The van der Waals surface area contributed by atoms with Gasteiger partial charge in [-0.2, -0.15) is 0 Å². The van der Waals surface area contributed by atoms with Crippen LogP contribution in [-0.2, 0) is 36.8 Å². The quantitative estimate of drug-likeness (QED) is 0.441. The van der Waals surface area contributed by atoms with Gasteiger partial charge in [0.05, 0.1) is 26.2 Å². The van der Waals surface area contributed by atoms with Crippen molar-refractivity contribution in [3.8, 4) is 5.75 Å². The van der Waals surface area contributed by atoms with Gasteiger partial charge in [-0.25, -0.2) is 9.59 Å². The highest BCUT2D eigenvalue weighted by Crippen LogP contribution is 2.26. The van der Waals surface area contributed by atoms with E-state index in [0.717, 1.165) is 5.56 Å². The maximum absolute atomic E-state index is 13.1. The first-order chi connectivity index (χ1) is 18.4. The van der Waals surface area contributed by atoms with Crippen molar-refractivity contribution in [2.75, 3.05) is 32.0 Å². The predicted molar refractivity (Wildman–Crippen MR) is 144 cm³/mol. The number of nitrogens with zero attached hydrogens (tertiary/aromatic N) is 1. The van der Waals surface area contributed by atoms with Crippen LogP contribution in [0.5, 0.6) is 5.75 Å². The van der Waals surface area contributed by atoms with Crippen LogP contribution in [0.4, 0.5) is 4.79 Å². The molecule has 2 aromatic carbocycles. The van der Waals surface area contributed by atoms with E-state index in [4.69, 9.17) is 42.1 Å². The van der Waals surface area contributed by atoms with Crippen molar-refractivity contribution in [2.24, 2.45) is 0 Å². The monoisotopic (exact) mass is 582 g/mol. The van der Waals surface area contributed by atoms with Gasteiger partial charge in [-0.05, 0) is 29.8 Å². The zero-order chi connectivity index (χ0) is 27.1. The molecule has 4 rings (SSSR count). The summed E-state index contributed by atoms with van der Waals surface area (Å²) in [6, 6.07) is 10.7. The Labute approximate surface area is 235 Å². The zero-order valence-electron chi connectivity index (χ0n) is 20.7. The lowest BCUT2D eigenvalue weighted by Gasteiger charge is -2.25. The Bertz CT molecular complexity index is 1120. The van der Waals surface area contributed by atoms with Crippen LogP contribution in [0.3, 0.4) is 0 Å². The summed E-state index contributed by atoms with van der Waals surface area (Å²) in [4.78, 5) is 39.6. The van der Waals surface area contributed by atoms with Gasteiger partial charge in [-0.3, -0.25) is 9.69 Å². The Morgan fingerprint density at radius 1 is 1.16 bits per heavy atom. The summed E-state index contributed by atoms with van der Waals surface area (Å²) in [6.07, 6.45) is -0.0492. The molecule has 38 heavy (non-hydrogen) atoms. The normalized spacial score (nSPS) is 19.6. The maximum Gasteiger partial charge on any atom is 0.411 e. The molecule has 2 unspecified atom stereocenters. The first-order valence-corrected chi connectivity index (χ1v) is 13.9. The lowest BCUT2D eigenvalue weighted by atomic mass is 10.1. The fraction of sp³-hybridized carbons (Fsp3) is 0.423. The molecule has 2 fully saturated rings. The summed E-state index contributed by atoms with van der Waals surface area (Å²) in [6.45, 7) is 1.09. The van der Waals surface area contributed by atoms with Crippen LogP contribution in [0.15, 0.2) is 42.5 Å². The molecule has 0 aliphatic carbocycles. The number of thioether (sulfide) groups is 1. The Morgan fingerprint density at radius 3 is 2.55 bits per heavy atom. The summed E-state index contributed by atoms with van der Waals surface area (Å²) in [5, 5.41) is 3.79. The number of esters is 1. The van der Waals surface area contributed by atoms with Crippen molar-refractivity contribution in [3.63, 3.8) is 0 Å². The van der Waals surface area contributed by atoms with Crippen LogP contribution in [-0.4, -0.2) is 73.0 Å². The summed E-state index contributed by atoms with van der Waals surface area (Å²) < 4.78 is 21.4. The number of carbonyl (C=O) groups is 3. The molecule has 0 spiro atoms. The van der Waals surface area contributed by atoms with Gasteiger partial charge < -0.3 is 24.3 Å². The van der Waals surface area contributed by atoms with Crippen molar-refractivity contribution < 1.29 is 33.3 Å². The Hall–Kier alpha value is -2.66. The van der Waals surface area contributed by atoms with Gasteiger partial charge >= 0.3 is 12.1 Å². The van der Waals surface area contributed by atoms with E-state index in [0.29, 0.717) is 52.6 Å². The van der Waals surface area contributed by atoms with E-state index in [9.17, 15) is 14.4 Å². The number of ether oxygens (including phenoxy) is 4. The number of amides is 2. The van der Waals surface area contributed by atoms with Crippen molar-refractivity contribution in [1.82, 2.24) is 10.2 Å². The number of nitrogens with one attached hydrogen (secondary N) is 1. The van der Waals surface area contributed by atoms with E-state index in [2.05, 4.69) is 5.32 Å². The average molecular weight is 583 g/mol. The van der Waals surface area contributed by atoms with Gasteiger partial charge in [-0.1, -0.05) is 41.4 Å². The molecule has 2 amide bonds. The molecule has 0 bridgehead atoms. The topological polar surface area (TPSA) is 103 Å². The highest BCUT2D eigenvalue weighted by Gasteiger charge is 2.38. The lowest BCUT2D eigenvalue weighted by molar-refractivity contribution is -0.145. The SMILES string of the molecule is COC(=O)C(Cc1ccc(OCc2c(Cl)cccc2Cl)cc1)NC(=O)[C@H]1CSCN1C(=O)OC1CCOC1. The number of rotatable bonds is 9. The highest BCUT2D eigenvalue weighted by molar-refractivity contribution is 7.99.